The minimum Gasteiger partial charge on any atom is -0.357 e. The molecule has 0 spiro atoms. The number of carbonyl (C=O) groups excluding carboxylic acids is 2. The predicted molar refractivity (Wildman–Crippen MR) is 69.5 cm³/mol. The molecule has 1 heterocycles. The standard InChI is InChI=1S/C11H21N3O2S/c1-11(2,3)8(12)10(16)14-6-17-5-7(14)9(15)13-4/h7-8H,5-6,12H2,1-4H3,(H,13,15). The molecule has 0 aromatic heterocycles. The van der Waals surface area contributed by atoms with Gasteiger partial charge in [-0.1, -0.05) is 20.8 Å². The van der Waals surface area contributed by atoms with Gasteiger partial charge in [0, 0.05) is 12.8 Å². The fourth-order valence-corrected chi connectivity index (χ4v) is 2.76. The van der Waals surface area contributed by atoms with Crippen molar-refractivity contribution in [1.82, 2.24) is 10.2 Å². The second-order valence-electron chi connectivity index (χ2n) is 5.28. The van der Waals surface area contributed by atoms with E-state index in [0.717, 1.165) is 0 Å². The Morgan fingerprint density at radius 3 is 2.53 bits per heavy atom. The monoisotopic (exact) mass is 259 g/mol. The molecule has 0 saturated carbocycles. The van der Waals surface area contributed by atoms with Crippen molar-refractivity contribution in [3.05, 3.63) is 0 Å². The first kappa shape index (κ1) is 14.3. The summed E-state index contributed by atoms with van der Waals surface area (Å²) in [4.78, 5) is 25.5. The zero-order chi connectivity index (χ0) is 13.2. The van der Waals surface area contributed by atoms with Crippen molar-refractivity contribution in [3.8, 4) is 0 Å². The summed E-state index contributed by atoms with van der Waals surface area (Å²) in [5.41, 5.74) is 5.65. The molecular formula is C11H21N3O2S. The van der Waals surface area contributed by atoms with Gasteiger partial charge in [0.1, 0.15) is 6.04 Å². The SMILES string of the molecule is CNC(=O)C1CSCN1C(=O)C(N)C(C)(C)C. The Kier molecular flexibility index (Phi) is 4.43. The lowest BCUT2D eigenvalue weighted by molar-refractivity contribution is -0.140. The zero-order valence-corrected chi connectivity index (χ0v) is 11.6. The molecule has 0 aromatic carbocycles. The van der Waals surface area contributed by atoms with Crippen LogP contribution in [0.4, 0.5) is 0 Å². The van der Waals surface area contributed by atoms with Crippen molar-refractivity contribution in [1.29, 1.82) is 0 Å². The topological polar surface area (TPSA) is 75.4 Å². The van der Waals surface area contributed by atoms with Crippen LogP contribution in [0.25, 0.3) is 0 Å². The van der Waals surface area contributed by atoms with Gasteiger partial charge in [-0.15, -0.1) is 11.8 Å². The molecule has 2 atom stereocenters. The molecule has 1 aliphatic heterocycles. The minimum absolute atomic E-state index is 0.121. The molecule has 1 fully saturated rings. The van der Waals surface area contributed by atoms with Crippen LogP contribution < -0.4 is 11.1 Å². The van der Waals surface area contributed by atoms with E-state index in [4.69, 9.17) is 5.73 Å². The Labute approximate surface area is 106 Å². The van der Waals surface area contributed by atoms with Crippen molar-refractivity contribution in [2.45, 2.75) is 32.9 Å². The van der Waals surface area contributed by atoms with Gasteiger partial charge in [-0.3, -0.25) is 9.59 Å². The molecule has 0 bridgehead atoms. The number of nitrogens with zero attached hydrogens (tertiary/aromatic N) is 1. The molecule has 2 unspecified atom stereocenters. The third-order valence-electron chi connectivity index (χ3n) is 2.91. The normalized spacial score (nSPS) is 22.4. The average Bonchev–Trinajstić information content (AvgIpc) is 2.73. The largest absolute Gasteiger partial charge is 0.357 e. The lowest BCUT2D eigenvalue weighted by Crippen LogP contribution is -2.55. The number of rotatable bonds is 2. The number of likely N-dealkylation sites (N-methyl/N-ethyl adjacent to an activating group) is 1. The molecule has 1 aliphatic rings. The van der Waals surface area contributed by atoms with E-state index in [1.807, 2.05) is 20.8 Å². The van der Waals surface area contributed by atoms with Gasteiger partial charge in [0.25, 0.3) is 0 Å². The molecule has 98 valence electrons. The highest BCUT2D eigenvalue weighted by atomic mass is 32.2. The summed E-state index contributed by atoms with van der Waals surface area (Å²) < 4.78 is 0. The second-order valence-corrected chi connectivity index (χ2v) is 6.28. The molecule has 1 saturated heterocycles. The summed E-state index contributed by atoms with van der Waals surface area (Å²) in [7, 11) is 1.58. The molecule has 0 radical (unpaired) electrons. The molecule has 17 heavy (non-hydrogen) atoms. The fraction of sp³-hybridized carbons (Fsp3) is 0.818. The molecule has 0 aromatic rings. The number of nitrogens with two attached hydrogens (primary N) is 1. The van der Waals surface area contributed by atoms with E-state index in [9.17, 15) is 9.59 Å². The highest BCUT2D eigenvalue weighted by Crippen LogP contribution is 2.25. The quantitative estimate of drug-likeness (QED) is 0.732. The van der Waals surface area contributed by atoms with Crippen molar-refractivity contribution in [2.24, 2.45) is 11.1 Å². The molecule has 5 nitrogen and oxygen atoms in total. The van der Waals surface area contributed by atoms with Crippen LogP contribution in [-0.4, -0.2) is 47.5 Å². The summed E-state index contributed by atoms with van der Waals surface area (Å²) >= 11 is 1.58. The average molecular weight is 259 g/mol. The van der Waals surface area contributed by atoms with E-state index in [1.165, 1.54) is 0 Å². The second kappa shape index (κ2) is 5.27. The maximum atomic E-state index is 12.2. The smallest absolute Gasteiger partial charge is 0.243 e. The fourth-order valence-electron chi connectivity index (χ4n) is 1.59. The zero-order valence-electron chi connectivity index (χ0n) is 10.8. The number of thioether (sulfide) groups is 1. The lowest BCUT2D eigenvalue weighted by atomic mass is 9.86. The molecular weight excluding hydrogens is 238 g/mol. The summed E-state index contributed by atoms with van der Waals surface area (Å²) in [6.45, 7) is 5.77. The molecule has 2 amide bonds. The Balaban J connectivity index is 2.78. The van der Waals surface area contributed by atoms with E-state index in [0.29, 0.717) is 11.6 Å². The molecule has 3 N–H and O–H groups in total. The van der Waals surface area contributed by atoms with Crippen molar-refractivity contribution >= 4 is 23.6 Å². The van der Waals surface area contributed by atoms with Crippen LogP contribution in [0.2, 0.25) is 0 Å². The third kappa shape index (κ3) is 3.13. The van der Waals surface area contributed by atoms with Crippen LogP contribution >= 0.6 is 11.8 Å². The van der Waals surface area contributed by atoms with Gasteiger partial charge in [0.05, 0.1) is 11.9 Å². The first-order valence-corrected chi connectivity index (χ1v) is 6.80. The van der Waals surface area contributed by atoms with Gasteiger partial charge < -0.3 is 16.0 Å². The highest BCUT2D eigenvalue weighted by molar-refractivity contribution is 7.99. The van der Waals surface area contributed by atoms with Gasteiger partial charge in [0.2, 0.25) is 11.8 Å². The number of amides is 2. The first-order chi connectivity index (χ1) is 7.79. The van der Waals surface area contributed by atoms with Gasteiger partial charge in [-0.25, -0.2) is 0 Å². The number of hydrogen-bond donors (Lipinski definition) is 2. The Bertz CT molecular complexity index is 314. The van der Waals surface area contributed by atoms with Crippen LogP contribution in [0.15, 0.2) is 0 Å². The van der Waals surface area contributed by atoms with Gasteiger partial charge in [-0.05, 0) is 5.41 Å². The Morgan fingerprint density at radius 1 is 1.47 bits per heavy atom. The van der Waals surface area contributed by atoms with Crippen molar-refractivity contribution in [3.63, 3.8) is 0 Å². The summed E-state index contributed by atoms with van der Waals surface area (Å²) in [6, 6.07) is -0.959. The Hall–Kier alpha value is -0.750. The van der Waals surface area contributed by atoms with Crippen LogP contribution in [0.3, 0.4) is 0 Å². The van der Waals surface area contributed by atoms with Crippen LogP contribution in [0, 0.1) is 5.41 Å². The number of carbonyl (C=O) groups is 2. The number of nitrogens with one attached hydrogen (secondary N) is 1. The summed E-state index contributed by atoms with van der Waals surface area (Å²) in [6.07, 6.45) is 0. The van der Waals surface area contributed by atoms with Crippen LogP contribution in [0.5, 0.6) is 0 Å². The minimum atomic E-state index is -0.576. The molecule has 6 heteroatoms. The van der Waals surface area contributed by atoms with Crippen molar-refractivity contribution < 1.29 is 9.59 Å². The van der Waals surface area contributed by atoms with E-state index in [1.54, 1.807) is 23.7 Å². The summed E-state index contributed by atoms with van der Waals surface area (Å²) in [5.74, 6) is 0.920. The predicted octanol–water partition coefficient (Wildman–Crippen LogP) is 0.00730. The Morgan fingerprint density at radius 2 is 2.06 bits per heavy atom. The summed E-state index contributed by atoms with van der Waals surface area (Å²) in [5, 5.41) is 2.58. The van der Waals surface area contributed by atoms with Gasteiger partial charge in [-0.2, -0.15) is 0 Å². The van der Waals surface area contributed by atoms with E-state index in [-0.39, 0.29) is 23.3 Å². The lowest BCUT2D eigenvalue weighted by Gasteiger charge is -2.31. The van der Waals surface area contributed by atoms with Crippen molar-refractivity contribution in [2.75, 3.05) is 18.7 Å². The first-order valence-electron chi connectivity index (χ1n) is 5.64. The van der Waals surface area contributed by atoms with Gasteiger partial charge >= 0.3 is 0 Å². The van der Waals surface area contributed by atoms with Gasteiger partial charge in [0.15, 0.2) is 0 Å². The van der Waals surface area contributed by atoms with Crippen LogP contribution in [-0.2, 0) is 9.59 Å². The van der Waals surface area contributed by atoms with E-state index >= 15 is 0 Å². The highest BCUT2D eigenvalue weighted by Gasteiger charge is 2.39. The third-order valence-corrected chi connectivity index (χ3v) is 3.93. The van der Waals surface area contributed by atoms with E-state index in [2.05, 4.69) is 5.32 Å². The maximum absolute atomic E-state index is 12.2. The van der Waals surface area contributed by atoms with Crippen LogP contribution in [0.1, 0.15) is 20.8 Å². The molecule has 0 aliphatic carbocycles. The van der Waals surface area contributed by atoms with E-state index < -0.39 is 6.04 Å². The molecule has 1 rings (SSSR count). The maximum Gasteiger partial charge on any atom is 0.243 e. The number of hydrogen-bond acceptors (Lipinski definition) is 4.